The third-order valence-electron chi connectivity index (χ3n) is 2.33. The monoisotopic (exact) mass is 216 g/mol. The summed E-state index contributed by atoms with van der Waals surface area (Å²) in [6, 6.07) is 11.1. The number of hydrogen-bond acceptors (Lipinski definition) is 2. The number of rotatable bonds is 3. The lowest BCUT2D eigenvalue weighted by Crippen LogP contribution is -2.08. The Kier molecular flexibility index (Phi) is 2.64. The predicted molar refractivity (Wildman–Crippen MR) is 61.3 cm³/mol. The van der Waals surface area contributed by atoms with Gasteiger partial charge in [0, 0.05) is 12.7 Å². The molecule has 0 bridgehead atoms. The molecule has 3 N–H and O–H groups in total. The van der Waals surface area contributed by atoms with Crippen LogP contribution in [-0.2, 0) is 6.54 Å². The molecule has 2 aromatic rings. The summed E-state index contributed by atoms with van der Waals surface area (Å²) in [4.78, 5) is 10.9. The average molecular weight is 216 g/mol. The summed E-state index contributed by atoms with van der Waals surface area (Å²) in [6.07, 6.45) is 1.64. The van der Waals surface area contributed by atoms with Crippen molar-refractivity contribution in [2.75, 3.05) is 5.73 Å². The number of nitrogens with two attached hydrogens (primary N) is 1. The van der Waals surface area contributed by atoms with Crippen LogP contribution in [0.5, 0.6) is 0 Å². The number of carboxylic acid groups (broad SMARTS) is 1. The van der Waals surface area contributed by atoms with Crippen LogP contribution in [0.2, 0.25) is 0 Å². The number of aromatic carboxylic acids is 1. The van der Waals surface area contributed by atoms with Gasteiger partial charge in [-0.25, -0.2) is 4.79 Å². The summed E-state index contributed by atoms with van der Waals surface area (Å²) in [5, 5.41) is 8.98. The normalized spacial score (nSPS) is 10.2. The zero-order valence-electron chi connectivity index (χ0n) is 8.63. The van der Waals surface area contributed by atoms with Crippen molar-refractivity contribution in [3.05, 3.63) is 53.9 Å². The van der Waals surface area contributed by atoms with Crippen LogP contribution in [0.4, 0.5) is 5.69 Å². The van der Waals surface area contributed by atoms with Crippen molar-refractivity contribution in [1.82, 2.24) is 4.57 Å². The van der Waals surface area contributed by atoms with Gasteiger partial charge in [0.25, 0.3) is 0 Å². The van der Waals surface area contributed by atoms with Crippen LogP contribution in [0.1, 0.15) is 16.1 Å². The predicted octanol–water partition coefficient (Wildman–Crippen LogP) is 1.82. The van der Waals surface area contributed by atoms with E-state index in [-0.39, 0.29) is 5.69 Å². The van der Waals surface area contributed by atoms with E-state index >= 15 is 0 Å². The van der Waals surface area contributed by atoms with E-state index in [0.29, 0.717) is 12.2 Å². The minimum absolute atomic E-state index is 0.210. The van der Waals surface area contributed by atoms with E-state index in [0.717, 1.165) is 5.56 Å². The maximum atomic E-state index is 10.9. The first-order valence-electron chi connectivity index (χ1n) is 4.89. The summed E-state index contributed by atoms with van der Waals surface area (Å²) < 4.78 is 1.63. The molecule has 0 spiro atoms. The Morgan fingerprint density at radius 2 is 2.00 bits per heavy atom. The van der Waals surface area contributed by atoms with Crippen molar-refractivity contribution in [3.8, 4) is 0 Å². The van der Waals surface area contributed by atoms with Crippen LogP contribution < -0.4 is 5.73 Å². The molecule has 4 heteroatoms. The lowest BCUT2D eigenvalue weighted by Gasteiger charge is -2.05. The summed E-state index contributed by atoms with van der Waals surface area (Å²) in [5.41, 5.74) is 7.30. The first-order valence-corrected chi connectivity index (χ1v) is 4.89. The molecule has 1 aromatic heterocycles. The molecule has 0 atom stereocenters. The van der Waals surface area contributed by atoms with Gasteiger partial charge in [0.2, 0.25) is 0 Å². The fraction of sp³-hybridized carbons (Fsp3) is 0.0833. The molecule has 0 unspecified atom stereocenters. The van der Waals surface area contributed by atoms with Crippen LogP contribution in [0.3, 0.4) is 0 Å². The summed E-state index contributed by atoms with van der Waals surface area (Å²) >= 11 is 0. The maximum Gasteiger partial charge on any atom is 0.352 e. The Bertz CT molecular complexity index is 503. The SMILES string of the molecule is Nc1cc(C(=O)O)n(Cc2ccccc2)c1. The molecule has 2 rings (SSSR count). The average Bonchev–Trinajstić information content (AvgIpc) is 2.61. The number of nitrogens with zero attached hydrogens (tertiary/aromatic N) is 1. The summed E-state index contributed by atoms with van der Waals surface area (Å²) in [7, 11) is 0. The van der Waals surface area contributed by atoms with Crippen molar-refractivity contribution in [2.45, 2.75) is 6.54 Å². The van der Waals surface area contributed by atoms with E-state index in [1.807, 2.05) is 30.3 Å². The topological polar surface area (TPSA) is 68.2 Å². The van der Waals surface area contributed by atoms with Gasteiger partial charge in [0.05, 0.1) is 5.69 Å². The van der Waals surface area contributed by atoms with E-state index in [1.165, 1.54) is 6.07 Å². The molecule has 0 radical (unpaired) electrons. The number of nitrogen functional groups attached to an aromatic ring is 1. The highest BCUT2D eigenvalue weighted by Crippen LogP contribution is 2.13. The molecule has 4 nitrogen and oxygen atoms in total. The van der Waals surface area contributed by atoms with E-state index in [2.05, 4.69) is 0 Å². The van der Waals surface area contributed by atoms with Crippen LogP contribution in [0.15, 0.2) is 42.6 Å². The molecule has 1 aromatic carbocycles. The third-order valence-corrected chi connectivity index (χ3v) is 2.33. The van der Waals surface area contributed by atoms with Gasteiger partial charge in [-0.3, -0.25) is 0 Å². The van der Waals surface area contributed by atoms with Gasteiger partial charge in [0.15, 0.2) is 0 Å². The summed E-state index contributed by atoms with van der Waals surface area (Å²) in [6.45, 7) is 0.514. The molecule has 0 saturated carbocycles. The minimum Gasteiger partial charge on any atom is -0.477 e. The second kappa shape index (κ2) is 4.10. The number of benzene rings is 1. The standard InChI is InChI=1S/C12H12N2O2/c13-10-6-11(12(15)16)14(8-10)7-9-4-2-1-3-5-9/h1-6,8H,7,13H2,(H,15,16). The molecule has 0 amide bonds. The number of carboxylic acids is 1. The lowest BCUT2D eigenvalue weighted by molar-refractivity contribution is 0.0685. The fourth-order valence-electron chi connectivity index (χ4n) is 1.62. The molecular weight excluding hydrogens is 204 g/mol. The third kappa shape index (κ3) is 2.06. The Hall–Kier alpha value is -2.23. The second-order valence-electron chi connectivity index (χ2n) is 3.58. The Morgan fingerprint density at radius 1 is 1.31 bits per heavy atom. The molecule has 1 heterocycles. The minimum atomic E-state index is -0.965. The zero-order chi connectivity index (χ0) is 11.5. The van der Waals surface area contributed by atoms with Crippen LogP contribution in [-0.4, -0.2) is 15.6 Å². The molecule has 0 aliphatic heterocycles. The molecule has 82 valence electrons. The van der Waals surface area contributed by atoms with Gasteiger partial charge in [-0.1, -0.05) is 30.3 Å². The van der Waals surface area contributed by atoms with E-state index < -0.39 is 5.97 Å². The van der Waals surface area contributed by atoms with Crippen molar-refractivity contribution >= 4 is 11.7 Å². The number of hydrogen-bond donors (Lipinski definition) is 2. The first kappa shape index (κ1) is 10.3. The first-order chi connectivity index (χ1) is 7.66. The van der Waals surface area contributed by atoms with Gasteiger partial charge < -0.3 is 15.4 Å². The smallest absolute Gasteiger partial charge is 0.352 e. The number of anilines is 1. The van der Waals surface area contributed by atoms with E-state index in [4.69, 9.17) is 10.8 Å². The highest BCUT2D eigenvalue weighted by Gasteiger charge is 2.11. The van der Waals surface area contributed by atoms with Crippen LogP contribution >= 0.6 is 0 Å². The van der Waals surface area contributed by atoms with E-state index in [1.54, 1.807) is 10.8 Å². The van der Waals surface area contributed by atoms with Crippen molar-refractivity contribution in [1.29, 1.82) is 0 Å². The van der Waals surface area contributed by atoms with Gasteiger partial charge in [-0.15, -0.1) is 0 Å². The van der Waals surface area contributed by atoms with Gasteiger partial charge in [-0.2, -0.15) is 0 Å². The maximum absolute atomic E-state index is 10.9. The molecule has 0 aliphatic carbocycles. The largest absolute Gasteiger partial charge is 0.477 e. The zero-order valence-corrected chi connectivity index (χ0v) is 8.63. The van der Waals surface area contributed by atoms with Gasteiger partial charge in [0.1, 0.15) is 5.69 Å². The second-order valence-corrected chi connectivity index (χ2v) is 3.58. The highest BCUT2D eigenvalue weighted by atomic mass is 16.4. The molecular formula is C12H12N2O2. The Labute approximate surface area is 92.9 Å². The number of aromatic nitrogens is 1. The Balaban J connectivity index is 2.31. The summed E-state index contributed by atoms with van der Waals surface area (Å²) in [5.74, 6) is -0.965. The van der Waals surface area contributed by atoms with Gasteiger partial charge in [-0.05, 0) is 11.6 Å². The van der Waals surface area contributed by atoms with Crippen molar-refractivity contribution in [3.63, 3.8) is 0 Å². The Morgan fingerprint density at radius 3 is 2.62 bits per heavy atom. The molecule has 0 fully saturated rings. The highest BCUT2D eigenvalue weighted by molar-refractivity contribution is 5.87. The molecule has 16 heavy (non-hydrogen) atoms. The number of carbonyl (C=O) groups is 1. The van der Waals surface area contributed by atoms with Crippen LogP contribution in [0, 0.1) is 0 Å². The van der Waals surface area contributed by atoms with Crippen LogP contribution in [0.25, 0.3) is 0 Å². The van der Waals surface area contributed by atoms with Gasteiger partial charge >= 0.3 is 5.97 Å². The quantitative estimate of drug-likeness (QED) is 0.822. The molecule has 0 saturated heterocycles. The van der Waals surface area contributed by atoms with E-state index in [9.17, 15) is 4.79 Å². The lowest BCUT2D eigenvalue weighted by atomic mass is 10.2. The van der Waals surface area contributed by atoms with Crippen molar-refractivity contribution in [2.24, 2.45) is 0 Å². The molecule has 0 aliphatic rings. The van der Waals surface area contributed by atoms with Crippen molar-refractivity contribution < 1.29 is 9.90 Å². The fourth-order valence-corrected chi connectivity index (χ4v) is 1.62.